The maximum Gasteiger partial charge on any atom is 0.227 e. The molecule has 1 atom stereocenters. The van der Waals surface area contributed by atoms with Gasteiger partial charge in [-0.25, -0.2) is 9.97 Å². The standard InChI is InChI=1S/C20H19N3O2/c1-14-10-12-24-19-8-3-2-7-17(19)18-9-11-21-20(23-18)22-15-5-4-6-16(13-15)25-14/h2-9,11,13-14H,10,12H2,1H3,(H,21,22,23). The van der Waals surface area contributed by atoms with Gasteiger partial charge in [0.25, 0.3) is 0 Å². The Morgan fingerprint density at radius 1 is 1.08 bits per heavy atom. The first-order valence-electron chi connectivity index (χ1n) is 8.37. The number of hydrogen-bond acceptors (Lipinski definition) is 5. The van der Waals surface area contributed by atoms with Crippen LogP contribution in [0.4, 0.5) is 11.6 Å². The fourth-order valence-corrected chi connectivity index (χ4v) is 2.78. The summed E-state index contributed by atoms with van der Waals surface area (Å²) in [6.45, 7) is 2.63. The van der Waals surface area contributed by atoms with E-state index in [2.05, 4.69) is 15.3 Å². The number of aromatic nitrogens is 2. The fourth-order valence-electron chi connectivity index (χ4n) is 2.78. The van der Waals surface area contributed by atoms with Crippen molar-refractivity contribution in [2.75, 3.05) is 11.9 Å². The van der Waals surface area contributed by atoms with Gasteiger partial charge in [-0.3, -0.25) is 0 Å². The summed E-state index contributed by atoms with van der Waals surface area (Å²) in [5.41, 5.74) is 2.67. The molecule has 1 aliphatic heterocycles. The van der Waals surface area contributed by atoms with Crippen LogP contribution in [0.3, 0.4) is 0 Å². The molecule has 0 fully saturated rings. The van der Waals surface area contributed by atoms with Crippen LogP contribution in [0, 0.1) is 0 Å². The first-order chi connectivity index (χ1) is 12.3. The fraction of sp³-hybridized carbons (Fsp3) is 0.200. The van der Waals surface area contributed by atoms with Crippen molar-refractivity contribution < 1.29 is 9.47 Å². The van der Waals surface area contributed by atoms with Crippen LogP contribution >= 0.6 is 0 Å². The second-order valence-electron chi connectivity index (χ2n) is 5.98. The molecule has 0 saturated heterocycles. The van der Waals surface area contributed by atoms with E-state index < -0.39 is 0 Å². The molecule has 2 aromatic carbocycles. The molecule has 126 valence electrons. The average molecular weight is 333 g/mol. The van der Waals surface area contributed by atoms with E-state index in [1.807, 2.05) is 61.5 Å². The van der Waals surface area contributed by atoms with Gasteiger partial charge < -0.3 is 14.8 Å². The van der Waals surface area contributed by atoms with Crippen LogP contribution in [0.15, 0.2) is 60.8 Å². The van der Waals surface area contributed by atoms with Gasteiger partial charge in [0, 0.05) is 29.9 Å². The zero-order valence-corrected chi connectivity index (χ0v) is 14.0. The second kappa shape index (κ2) is 6.81. The van der Waals surface area contributed by atoms with Crippen molar-refractivity contribution in [2.45, 2.75) is 19.4 Å². The summed E-state index contributed by atoms with van der Waals surface area (Å²) in [7, 11) is 0. The minimum absolute atomic E-state index is 0.0550. The smallest absolute Gasteiger partial charge is 0.227 e. The SMILES string of the molecule is CC1CCOc2ccccc2-c2ccnc(n2)Nc2cccc(c2)O1. The van der Waals surface area contributed by atoms with E-state index in [0.29, 0.717) is 12.6 Å². The number of ether oxygens (including phenoxy) is 2. The number of para-hydroxylation sites is 1. The molecule has 1 aromatic heterocycles. The normalized spacial score (nSPS) is 16.4. The summed E-state index contributed by atoms with van der Waals surface area (Å²) >= 11 is 0. The summed E-state index contributed by atoms with van der Waals surface area (Å²) in [6, 6.07) is 17.6. The number of anilines is 2. The first kappa shape index (κ1) is 15.4. The van der Waals surface area contributed by atoms with Gasteiger partial charge in [-0.05, 0) is 37.3 Å². The molecular formula is C20H19N3O2. The minimum Gasteiger partial charge on any atom is -0.493 e. The Bertz CT molecular complexity index is 882. The zero-order chi connectivity index (χ0) is 17.1. The van der Waals surface area contributed by atoms with Crippen molar-refractivity contribution in [3.63, 3.8) is 0 Å². The van der Waals surface area contributed by atoms with Crippen molar-refractivity contribution >= 4 is 11.6 Å². The van der Waals surface area contributed by atoms with Gasteiger partial charge >= 0.3 is 0 Å². The lowest BCUT2D eigenvalue weighted by molar-refractivity contribution is 0.177. The molecule has 2 heterocycles. The van der Waals surface area contributed by atoms with Crippen molar-refractivity contribution in [3.05, 3.63) is 60.8 Å². The lowest BCUT2D eigenvalue weighted by atomic mass is 10.1. The Morgan fingerprint density at radius 2 is 2.00 bits per heavy atom. The molecule has 25 heavy (non-hydrogen) atoms. The van der Waals surface area contributed by atoms with Gasteiger partial charge in [-0.2, -0.15) is 0 Å². The monoisotopic (exact) mass is 333 g/mol. The van der Waals surface area contributed by atoms with Crippen LogP contribution in [0.1, 0.15) is 13.3 Å². The zero-order valence-electron chi connectivity index (χ0n) is 14.0. The molecule has 4 rings (SSSR count). The van der Waals surface area contributed by atoms with Crippen LogP contribution in [-0.2, 0) is 0 Å². The molecule has 0 spiro atoms. The lowest BCUT2D eigenvalue weighted by Gasteiger charge is -2.18. The number of benzene rings is 2. The van der Waals surface area contributed by atoms with Crippen LogP contribution in [0.5, 0.6) is 11.5 Å². The predicted molar refractivity (Wildman–Crippen MR) is 97.4 cm³/mol. The molecule has 0 radical (unpaired) electrons. The third-order valence-corrected chi connectivity index (χ3v) is 4.03. The highest BCUT2D eigenvalue weighted by molar-refractivity contribution is 5.68. The molecule has 1 unspecified atom stereocenters. The molecule has 5 heteroatoms. The summed E-state index contributed by atoms with van der Waals surface area (Å²) in [5, 5.41) is 3.24. The molecule has 4 bridgehead atoms. The Kier molecular flexibility index (Phi) is 4.21. The predicted octanol–water partition coefficient (Wildman–Crippen LogP) is 4.44. The van der Waals surface area contributed by atoms with Crippen molar-refractivity contribution in [2.24, 2.45) is 0 Å². The number of rotatable bonds is 0. The highest BCUT2D eigenvalue weighted by atomic mass is 16.5. The van der Waals surface area contributed by atoms with E-state index >= 15 is 0 Å². The highest BCUT2D eigenvalue weighted by Gasteiger charge is 2.12. The Balaban J connectivity index is 1.77. The number of nitrogens with one attached hydrogen (secondary N) is 1. The van der Waals surface area contributed by atoms with Gasteiger partial charge in [0.1, 0.15) is 11.5 Å². The summed E-state index contributed by atoms with van der Waals surface area (Å²) in [5.74, 6) is 2.16. The first-order valence-corrected chi connectivity index (χ1v) is 8.37. The van der Waals surface area contributed by atoms with Crippen molar-refractivity contribution in [1.29, 1.82) is 0 Å². The third kappa shape index (κ3) is 3.55. The van der Waals surface area contributed by atoms with Crippen molar-refractivity contribution in [1.82, 2.24) is 9.97 Å². The molecule has 3 aromatic rings. The van der Waals surface area contributed by atoms with E-state index in [-0.39, 0.29) is 6.10 Å². The maximum atomic E-state index is 5.99. The lowest BCUT2D eigenvalue weighted by Crippen LogP contribution is -2.16. The van der Waals surface area contributed by atoms with Gasteiger partial charge in [0.05, 0.1) is 18.4 Å². The molecule has 0 aliphatic carbocycles. The van der Waals surface area contributed by atoms with Crippen LogP contribution in [0.25, 0.3) is 11.3 Å². The maximum absolute atomic E-state index is 5.99. The molecule has 1 aliphatic rings. The average Bonchev–Trinajstić information content (AvgIpc) is 2.62. The number of fused-ring (bicyclic) bond motifs is 6. The molecule has 0 amide bonds. The van der Waals surface area contributed by atoms with E-state index in [1.54, 1.807) is 6.20 Å². The van der Waals surface area contributed by atoms with E-state index in [9.17, 15) is 0 Å². The summed E-state index contributed by atoms with van der Waals surface area (Å²) < 4.78 is 12.0. The van der Waals surface area contributed by atoms with Crippen LogP contribution in [0.2, 0.25) is 0 Å². The quantitative estimate of drug-likeness (QED) is 0.659. The van der Waals surface area contributed by atoms with Crippen LogP contribution < -0.4 is 14.8 Å². The second-order valence-corrected chi connectivity index (χ2v) is 5.98. The Hall–Kier alpha value is -3.08. The highest BCUT2D eigenvalue weighted by Crippen LogP contribution is 2.30. The van der Waals surface area contributed by atoms with E-state index in [1.165, 1.54) is 0 Å². The number of hydrogen-bond donors (Lipinski definition) is 1. The summed E-state index contributed by atoms with van der Waals surface area (Å²) in [4.78, 5) is 8.94. The minimum atomic E-state index is 0.0550. The Labute approximate surface area is 146 Å². The van der Waals surface area contributed by atoms with Gasteiger partial charge in [-0.15, -0.1) is 0 Å². The summed E-state index contributed by atoms with van der Waals surface area (Å²) in [6.07, 6.45) is 2.59. The topological polar surface area (TPSA) is 56.3 Å². The molecule has 0 saturated carbocycles. The van der Waals surface area contributed by atoms with E-state index in [0.717, 1.165) is 34.9 Å². The Morgan fingerprint density at radius 3 is 2.96 bits per heavy atom. The molecule has 5 nitrogen and oxygen atoms in total. The van der Waals surface area contributed by atoms with Gasteiger partial charge in [-0.1, -0.05) is 18.2 Å². The third-order valence-electron chi connectivity index (χ3n) is 4.03. The van der Waals surface area contributed by atoms with E-state index in [4.69, 9.17) is 9.47 Å². The molecule has 1 N–H and O–H groups in total. The largest absolute Gasteiger partial charge is 0.493 e. The van der Waals surface area contributed by atoms with Crippen molar-refractivity contribution in [3.8, 4) is 22.8 Å². The van der Waals surface area contributed by atoms with Gasteiger partial charge in [0.15, 0.2) is 0 Å². The van der Waals surface area contributed by atoms with Gasteiger partial charge in [0.2, 0.25) is 5.95 Å². The number of nitrogens with zero attached hydrogens (tertiary/aromatic N) is 2. The molecular weight excluding hydrogens is 314 g/mol. The van der Waals surface area contributed by atoms with Crippen LogP contribution in [-0.4, -0.2) is 22.7 Å².